The Morgan fingerprint density at radius 3 is 1.39 bits per heavy atom. The summed E-state index contributed by atoms with van der Waals surface area (Å²) in [5, 5.41) is 8.66. The van der Waals surface area contributed by atoms with E-state index in [0.29, 0.717) is 6.61 Å². The Morgan fingerprint density at radius 2 is 1.00 bits per heavy atom. The smallest absolute Gasteiger partial charge is 0.0431 e. The number of hydrogen-bond acceptors (Lipinski definition) is 2. The molecule has 0 amide bonds. The van der Waals surface area contributed by atoms with Gasteiger partial charge in [0.05, 0.1) is 0 Å². The molecule has 0 spiro atoms. The van der Waals surface area contributed by atoms with Crippen molar-refractivity contribution < 1.29 is 5.11 Å². The third-order valence-electron chi connectivity index (χ3n) is 3.78. The molecule has 0 atom stereocenters. The molecule has 0 fully saturated rings. The molecule has 0 bridgehead atoms. The van der Waals surface area contributed by atoms with Crippen molar-refractivity contribution in [1.82, 2.24) is 4.90 Å². The van der Waals surface area contributed by atoms with E-state index in [1.807, 2.05) is 0 Å². The van der Waals surface area contributed by atoms with E-state index >= 15 is 0 Å². The summed E-state index contributed by atoms with van der Waals surface area (Å²) in [6, 6.07) is 0. The van der Waals surface area contributed by atoms with E-state index in [1.54, 1.807) is 0 Å². The van der Waals surface area contributed by atoms with Gasteiger partial charge in [-0.15, -0.1) is 0 Å². The van der Waals surface area contributed by atoms with E-state index in [1.165, 1.54) is 77.4 Å². The van der Waals surface area contributed by atoms with Gasteiger partial charge in [0.2, 0.25) is 0 Å². The maximum absolute atomic E-state index is 8.66. The van der Waals surface area contributed by atoms with Gasteiger partial charge in [-0.05, 0) is 32.5 Å². The second-order valence-corrected chi connectivity index (χ2v) is 5.29. The molecule has 0 aromatic heterocycles. The summed E-state index contributed by atoms with van der Waals surface area (Å²) in [6.07, 6.45) is 13.3. The maximum atomic E-state index is 8.66. The third kappa shape index (κ3) is 12.4. The lowest BCUT2D eigenvalue weighted by Gasteiger charge is -2.17. The van der Waals surface area contributed by atoms with E-state index in [-0.39, 0.29) is 0 Å². The van der Waals surface area contributed by atoms with Crippen LogP contribution in [0.3, 0.4) is 0 Å². The fourth-order valence-corrected chi connectivity index (χ4v) is 2.40. The highest BCUT2D eigenvalue weighted by Gasteiger charge is 1.98. The molecular weight excluding hydrogens is 222 g/mol. The van der Waals surface area contributed by atoms with Gasteiger partial charge in [0, 0.05) is 6.61 Å². The minimum atomic E-state index is 0.368. The van der Waals surface area contributed by atoms with Gasteiger partial charge < -0.3 is 10.0 Å². The molecule has 0 aliphatic carbocycles. The van der Waals surface area contributed by atoms with Crippen molar-refractivity contribution in [2.45, 2.75) is 78.1 Å². The maximum Gasteiger partial charge on any atom is 0.0431 e. The summed E-state index contributed by atoms with van der Waals surface area (Å²) in [5.74, 6) is 0. The van der Waals surface area contributed by atoms with Crippen LogP contribution < -0.4 is 0 Å². The number of aliphatic hydroxyl groups excluding tert-OH is 1. The lowest BCUT2D eigenvalue weighted by Crippen LogP contribution is -2.23. The standard InChI is InChI=1S/C16H35NO/c1-3-17(4-2)15-13-11-9-7-5-6-8-10-12-14-16-18/h18H,3-16H2,1-2H3. The third-order valence-corrected chi connectivity index (χ3v) is 3.78. The Balaban J connectivity index is 3.03. The summed E-state index contributed by atoms with van der Waals surface area (Å²) < 4.78 is 0. The zero-order valence-corrected chi connectivity index (χ0v) is 12.8. The Morgan fingerprint density at radius 1 is 0.611 bits per heavy atom. The van der Waals surface area contributed by atoms with Crippen molar-refractivity contribution in [3.05, 3.63) is 0 Å². The van der Waals surface area contributed by atoms with E-state index in [2.05, 4.69) is 18.7 Å². The Bertz CT molecular complexity index is 146. The highest BCUT2D eigenvalue weighted by molar-refractivity contribution is 4.53. The summed E-state index contributed by atoms with van der Waals surface area (Å²) >= 11 is 0. The van der Waals surface area contributed by atoms with Gasteiger partial charge in [-0.2, -0.15) is 0 Å². The quantitative estimate of drug-likeness (QED) is 0.471. The average Bonchev–Trinajstić information content (AvgIpc) is 2.40. The molecule has 2 heteroatoms. The normalized spacial score (nSPS) is 11.3. The molecule has 0 heterocycles. The van der Waals surface area contributed by atoms with Crippen molar-refractivity contribution >= 4 is 0 Å². The monoisotopic (exact) mass is 257 g/mol. The number of aliphatic hydroxyl groups is 1. The van der Waals surface area contributed by atoms with Gasteiger partial charge in [-0.3, -0.25) is 0 Å². The van der Waals surface area contributed by atoms with Gasteiger partial charge in [0.15, 0.2) is 0 Å². The SMILES string of the molecule is CCN(CC)CCCCCCCCCCCCO. The second-order valence-electron chi connectivity index (χ2n) is 5.29. The molecule has 0 unspecified atom stereocenters. The molecule has 110 valence electrons. The van der Waals surface area contributed by atoms with E-state index in [9.17, 15) is 0 Å². The van der Waals surface area contributed by atoms with Crippen LogP contribution in [0.2, 0.25) is 0 Å². The topological polar surface area (TPSA) is 23.5 Å². The molecule has 0 rings (SSSR count). The van der Waals surface area contributed by atoms with Crippen LogP contribution in [0.15, 0.2) is 0 Å². The van der Waals surface area contributed by atoms with Gasteiger partial charge in [-0.25, -0.2) is 0 Å². The van der Waals surface area contributed by atoms with Crippen LogP contribution in [-0.2, 0) is 0 Å². The highest BCUT2D eigenvalue weighted by Crippen LogP contribution is 2.10. The average molecular weight is 257 g/mol. The first-order valence-corrected chi connectivity index (χ1v) is 8.18. The number of unbranched alkanes of at least 4 members (excludes halogenated alkanes) is 9. The van der Waals surface area contributed by atoms with Crippen molar-refractivity contribution in [3.8, 4) is 0 Å². The summed E-state index contributed by atoms with van der Waals surface area (Å²) in [7, 11) is 0. The van der Waals surface area contributed by atoms with E-state index in [4.69, 9.17) is 5.11 Å². The highest BCUT2D eigenvalue weighted by atomic mass is 16.2. The fourth-order valence-electron chi connectivity index (χ4n) is 2.40. The molecule has 0 saturated heterocycles. The van der Waals surface area contributed by atoms with Crippen LogP contribution in [0.1, 0.15) is 78.1 Å². The van der Waals surface area contributed by atoms with Crippen LogP contribution in [0, 0.1) is 0 Å². The predicted octanol–water partition coefficient (Wildman–Crippen LogP) is 4.22. The first-order chi connectivity index (χ1) is 8.85. The largest absolute Gasteiger partial charge is 0.396 e. The van der Waals surface area contributed by atoms with Gasteiger partial charge in [0.25, 0.3) is 0 Å². The Kier molecular flexibility index (Phi) is 14.9. The van der Waals surface area contributed by atoms with Crippen LogP contribution in [-0.4, -0.2) is 36.2 Å². The molecule has 18 heavy (non-hydrogen) atoms. The minimum absolute atomic E-state index is 0.368. The molecule has 1 N–H and O–H groups in total. The lowest BCUT2D eigenvalue weighted by atomic mass is 10.1. The second kappa shape index (κ2) is 15.0. The summed E-state index contributed by atoms with van der Waals surface area (Å²) in [6.45, 7) is 8.55. The molecule has 2 nitrogen and oxygen atoms in total. The van der Waals surface area contributed by atoms with Crippen molar-refractivity contribution in [2.24, 2.45) is 0 Å². The molecular formula is C16H35NO. The summed E-state index contributed by atoms with van der Waals surface area (Å²) in [4.78, 5) is 2.52. The van der Waals surface area contributed by atoms with Crippen molar-refractivity contribution in [3.63, 3.8) is 0 Å². The van der Waals surface area contributed by atoms with Crippen LogP contribution in [0.25, 0.3) is 0 Å². The van der Waals surface area contributed by atoms with Crippen molar-refractivity contribution in [1.29, 1.82) is 0 Å². The number of nitrogens with zero attached hydrogens (tertiary/aromatic N) is 1. The zero-order chi connectivity index (χ0) is 13.5. The molecule has 0 aliphatic rings. The molecule has 0 saturated carbocycles. The minimum Gasteiger partial charge on any atom is -0.396 e. The fraction of sp³-hybridized carbons (Fsp3) is 1.00. The van der Waals surface area contributed by atoms with Gasteiger partial charge >= 0.3 is 0 Å². The van der Waals surface area contributed by atoms with Crippen LogP contribution in [0.5, 0.6) is 0 Å². The zero-order valence-electron chi connectivity index (χ0n) is 12.8. The molecule has 0 aromatic carbocycles. The van der Waals surface area contributed by atoms with Gasteiger partial charge in [0.1, 0.15) is 0 Å². The Labute approximate surface area is 115 Å². The molecule has 0 radical (unpaired) electrons. The van der Waals surface area contributed by atoms with Crippen molar-refractivity contribution in [2.75, 3.05) is 26.2 Å². The predicted molar refractivity (Wildman–Crippen MR) is 81.0 cm³/mol. The summed E-state index contributed by atoms with van der Waals surface area (Å²) in [5.41, 5.74) is 0. The van der Waals surface area contributed by atoms with Crippen LogP contribution >= 0.6 is 0 Å². The Hall–Kier alpha value is -0.0800. The lowest BCUT2D eigenvalue weighted by molar-refractivity contribution is 0.282. The first kappa shape index (κ1) is 17.9. The molecule has 0 aromatic rings. The van der Waals surface area contributed by atoms with Gasteiger partial charge in [-0.1, -0.05) is 65.2 Å². The number of hydrogen-bond donors (Lipinski definition) is 1. The van der Waals surface area contributed by atoms with Crippen LogP contribution in [0.4, 0.5) is 0 Å². The number of rotatable bonds is 14. The first-order valence-electron chi connectivity index (χ1n) is 8.18. The van der Waals surface area contributed by atoms with E-state index in [0.717, 1.165) is 6.42 Å². The van der Waals surface area contributed by atoms with E-state index < -0.39 is 0 Å². The molecule has 0 aliphatic heterocycles.